The van der Waals surface area contributed by atoms with E-state index in [0.29, 0.717) is 35.7 Å². The van der Waals surface area contributed by atoms with Gasteiger partial charge < -0.3 is 19.1 Å². The standard InChI is InChI=1S/C27H24N2O5/c1-16-13-23-25(27(32)29(16)12-11-17-7-9-19(30)10-8-17)20(15-24(31)33-2)21-14-18-5-3-4-6-22(18)28-26(21)34-23/h3-10,13-14,20,30H,11-12,15H2,1-2H3/t20-/m0/s1. The highest BCUT2D eigenvalue weighted by atomic mass is 16.5. The van der Waals surface area contributed by atoms with E-state index < -0.39 is 11.9 Å². The van der Waals surface area contributed by atoms with Crippen molar-refractivity contribution in [2.75, 3.05) is 7.11 Å². The number of aromatic hydroxyl groups is 1. The van der Waals surface area contributed by atoms with Crippen LogP contribution in [0.4, 0.5) is 0 Å². The van der Waals surface area contributed by atoms with E-state index in [1.54, 1.807) is 16.7 Å². The molecule has 3 heterocycles. The number of pyridine rings is 2. The van der Waals surface area contributed by atoms with Crippen LogP contribution in [0.25, 0.3) is 10.9 Å². The van der Waals surface area contributed by atoms with Crippen LogP contribution in [0.5, 0.6) is 17.4 Å². The number of aromatic nitrogens is 2. The molecule has 2 aromatic carbocycles. The molecule has 0 fully saturated rings. The number of hydrogen-bond donors (Lipinski definition) is 1. The van der Waals surface area contributed by atoms with Gasteiger partial charge in [-0.05, 0) is 43.2 Å². The highest BCUT2D eigenvalue weighted by Crippen LogP contribution is 2.44. The van der Waals surface area contributed by atoms with Gasteiger partial charge >= 0.3 is 5.97 Å². The highest BCUT2D eigenvalue weighted by Gasteiger charge is 2.34. The molecule has 0 spiro atoms. The number of rotatable bonds is 5. The molecule has 0 aliphatic carbocycles. The third-order valence-electron chi connectivity index (χ3n) is 6.31. The Hall–Kier alpha value is -4.13. The van der Waals surface area contributed by atoms with Gasteiger partial charge in [-0.3, -0.25) is 9.59 Å². The molecule has 1 aliphatic rings. The lowest BCUT2D eigenvalue weighted by molar-refractivity contribution is -0.140. The van der Waals surface area contributed by atoms with Gasteiger partial charge in [0.25, 0.3) is 5.56 Å². The van der Waals surface area contributed by atoms with Crippen LogP contribution in [0, 0.1) is 6.92 Å². The van der Waals surface area contributed by atoms with Gasteiger partial charge in [0.1, 0.15) is 11.5 Å². The summed E-state index contributed by atoms with van der Waals surface area (Å²) in [5.74, 6) is 0.0886. The molecule has 0 bridgehead atoms. The van der Waals surface area contributed by atoms with Crippen molar-refractivity contribution in [2.45, 2.75) is 32.2 Å². The van der Waals surface area contributed by atoms with Crippen molar-refractivity contribution >= 4 is 16.9 Å². The number of ether oxygens (including phenoxy) is 2. The van der Waals surface area contributed by atoms with Gasteiger partial charge in [0.15, 0.2) is 0 Å². The zero-order chi connectivity index (χ0) is 23.8. The summed E-state index contributed by atoms with van der Waals surface area (Å²) >= 11 is 0. The molecule has 1 aliphatic heterocycles. The maximum atomic E-state index is 13.7. The number of carbonyl (C=O) groups is 1. The first-order chi connectivity index (χ1) is 16.4. The van der Waals surface area contributed by atoms with Crippen LogP contribution >= 0.6 is 0 Å². The van der Waals surface area contributed by atoms with E-state index in [2.05, 4.69) is 4.98 Å². The fourth-order valence-electron chi connectivity index (χ4n) is 4.51. The van der Waals surface area contributed by atoms with E-state index in [1.165, 1.54) is 7.11 Å². The average Bonchev–Trinajstić information content (AvgIpc) is 2.83. The third-order valence-corrected chi connectivity index (χ3v) is 6.31. The van der Waals surface area contributed by atoms with Crippen LogP contribution in [-0.4, -0.2) is 27.7 Å². The van der Waals surface area contributed by atoms with Crippen molar-refractivity contribution in [1.29, 1.82) is 0 Å². The Morgan fingerprint density at radius 2 is 1.91 bits per heavy atom. The smallest absolute Gasteiger partial charge is 0.306 e. The van der Waals surface area contributed by atoms with Gasteiger partial charge in [-0.15, -0.1) is 0 Å². The average molecular weight is 456 g/mol. The second-order valence-electron chi connectivity index (χ2n) is 8.45. The quantitative estimate of drug-likeness (QED) is 0.446. The number of benzene rings is 2. The Morgan fingerprint density at radius 3 is 2.68 bits per heavy atom. The summed E-state index contributed by atoms with van der Waals surface area (Å²) in [6, 6.07) is 18.4. The number of para-hydroxylation sites is 1. The van der Waals surface area contributed by atoms with E-state index in [0.717, 1.165) is 22.2 Å². The lowest BCUT2D eigenvalue weighted by Crippen LogP contribution is -2.31. The molecule has 7 nitrogen and oxygen atoms in total. The van der Waals surface area contributed by atoms with Gasteiger partial charge in [-0.2, -0.15) is 0 Å². The number of esters is 1. The molecule has 2 aromatic heterocycles. The van der Waals surface area contributed by atoms with Gasteiger partial charge in [0.2, 0.25) is 5.88 Å². The molecule has 0 saturated heterocycles. The van der Waals surface area contributed by atoms with Crippen molar-refractivity contribution in [3.05, 3.63) is 93.4 Å². The van der Waals surface area contributed by atoms with Crippen LogP contribution in [-0.2, 0) is 22.5 Å². The van der Waals surface area contributed by atoms with Crippen molar-refractivity contribution in [1.82, 2.24) is 9.55 Å². The normalized spacial score (nSPS) is 14.2. The van der Waals surface area contributed by atoms with Crippen molar-refractivity contribution in [3.8, 4) is 17.4 Å². The van der Waals surface area contributed by atoms with Crippen LogP contribution in [0.3, 0.4) is 0 Å². The molecule has 0 unspecified atom stereocenters. The third kappa shape index (κ3) is 3.90. The number of carbonyl (C=O) groups excluding carboxylic acids is 1. The fourth-order valence-corrected chi connectivity index (χ4v) is 4.51. The second kappa shape index (κ2) is 8.67. The predicted molar refractivity (Wildman–Crippen MR) is 128 cm³/mol. The first-order valence-electron chi connectivity index (χ1n) is 11.1. The Balaban J connectivity index is 1.60. The number of fused-ring (bicyclic) bond motifs is 3. The minimum atomic E-state index is -0.531. The summed E-state index contributed by atoms with van der Waals surface area (Å²) in [4.78, 5) is 30.7. The minimum Gasteiger partial charge on any atom is -0.508 e. The van der Waals surface area contributed by atoms with E-state index in [1.807, 2.05) is 55.5 Å². The first-order valence-corrected chi connectivity index (χ1v) is 11.1. The number of methoxy groups -OCH3 is 1. The minimum absolute atomic E-state index is 0.0101. The Kier molecular flexibility index (Phi) is 5.53. The Morgan fingerprint density at radius 1 is 1.15 bits per heavy atom. The van der Waals surface area contributed by atoms with Crippen LogP contribution in [0.1, 0.15) is 34.7 Å². The summed E-state index contributed by atoms with van der Waals surface area (Å²) < 4.78 is 12.8. The number of aryl methyl sites for hydroxylation is 2. The van der Waals surface area contributed by atoms with Crippen molar-refractivity contribution in [2.24, 2.45) is 0 Å². The topological polar surface area (TPSA) is 90.7 Å². The monoisotopic (exact) mass is 456 g/mol. The summed E-state index contributed by atoms with van der Waals surface area (Å²) in [7, 11) is 1.34. The molecule has 5 rings (SSSR count). The summed E-state index contributed by atoms with van der Waals surface area (Å²) in [5, 5.41) is 10.4. The molecule has 0 amide bonds. The summed E-state index contributed by atoms with van der Waals surface area (Å²) in [6.07, 6.45) is 0.626. The predicted octanol–water partition coefficient (Wildman–Crippen LogP) is 4.45. The summed E-state index contributed by atoms with van der Waals surface area (Å²) in [5.41, 5.74) is 3.48. The second-order valence-corrected chi connectivity index (χ2v) is 8.45. The zero-order valence-corrected chi connectivity index (χ0v) is 18.9. The van der Waals surface area contributed by atoms with Gasteiger partial charge in [-0.25, -0.2) is 4.98 Å². The number of hydrogen-bond acceptors (Lipinski definition) is 6. The Labute approximate surface area is 196 Å². The lowest BCUT2D eigenvalue weighted by atomic mass is 9.86. The van der Waals surface area contributed by atoms with Crippen LogP contribution in [0.15, 0.2) is 65.5 Å². The number of phenolic OH excluding ortho intramolecular Hbond substituents is 1. The molecule has 1 N–H and O–H groups in total. The molecule has 0 saturated carbocycles. The number of nitrogens with zero attached hydrogens (tertiary/aromatic N) is 2. The lowest BCUT2D eigenvalue weighted by Gasteiger charge is -2.28. The highest BCUT2D eigenvalue weighted by molar-refractivity contribution is 5.81. The van der Waals surface area contributed by atoms with E-state index in [9.17, 15) is 14.7 Å². The van der Waals surface area contributed by atoms with Crippen LogP contribution < -0.4 is 10.3 Å². The first kappa shape index (κ1) is 21.7. The van der Waals surface area contributed by atoms with Gasteiger partial charge in [0.05, 0.1) is 24.6 Å². The Bertz CT molecular complexity index is 1460. The largest absolute Gasteiger partial charge is 0.508 e. The molecule has 0 radical (unpaired) electrons. The fraction of sp³-hybridized carbons (Fsp3) is 0.222. The molecular formula is C27H24N2O5. The van der Waals surface area contributed by atoms with Gasteiger partial charge in [-0.1, -0.05) is 30.3 Å². The van der Waals surface area contributed by atoms with E-state index in [-0.39, 0.29) is 17.7 Å². The maximum absolute atomic E-state index is 13.7. The van der Waals surface area contributed by atoms with Crippen molar-refractivity contribution < 1.29 is 19.4 Å². The van der Waals surface area contributed by atoms with E-state index >= 15 is 0 Å². The van der Waals surface area contributed by atoms with E-state index in [4.69, 9.17) is 9.47 Å². The van der Waals surface area contributed by atoms with Gasteiger partial charge in [0, 0.05) is 35.2 Å². The van der Waals surface area contributed by atoms with Crippen LogP contribution in [0.2, 0.25) is 0 Å². The summed E-state index contributed by atoms with van der Waals surface area (Å²) in [6.45, 7) is 2.32. The SMILES string of the molecule is COC(=O)C[C@H]1c2cc3ccccc3nc2Oc2cc(C)n(CCc3ccc(O)cc3)c(=O)c21. The zero-order valence-electron chi connectivity index (χ0n) is 18.9. The number of phenols is 1. The molecule has 34 heavy (non-hydrogen) atoms. The molecule has 4 aromatic rings. The maximum Gasteiger partial charge on any atom is 0.306 e. The molecule has 1 atom stereocenters. The molecule has 172 valence electrons. The molecule has 7 heteroatoms. The van der Waals surface area contributed by atoms with Crippen molar-refractivity contribution in [3.63, 3.8) is 0 Å². The molecular weight excluding hydrogens is 432 g/mol.